The molecule has 0 amide bonds. The molecule has 1 aliphatic heterocycles. The number of hydrogen-bond donors (Lipinski definition) is 3. The fraction of sp³-hybridized carbons (Fsp3) is 0.333. The minimum absolute atomic E-state index is 0.0259. The molecule has 0 spiro atoms. The molecule has 12 heteroatoms. The van der Waals surface area contributed by atoms with Gasteiger partial charge in [-0.1, -0.05) is 30.3 Å². The van der Waals surface area contributed by atoms with Crippen molar-refractivity contribution in [3.8, 4) is 0 Å². The van der Waals surface area contributed by atoms with E-state index in [1.807, 2.05) is 6.07 Å². The molecule has 4 atom stereocenters. The van der Waals surface area contributed by atoms with E-state index in [1.165, 1.54) is 10.9 Å². The molecule has 3 aromatic rings. The molecule has 0 aliphatic carbocycles. The first kappa shape index (κ1) is 19.9. The number of nitrogen functional groups attached to an aromatic ring is 1. The van der Waals surface area contributed by atoms with Gasteiger partial charge in [0.05, 0.1) is 12.9 Å². The summed E-state index contributed by atoms with van der Waals surface area (Å²) in [6, 6.07) is 8.93. The molecule has 2 aromatic heterocycles. The SMILES string of the molecule is Nc1nc(F)nc2c1ncn2[C@@H]1O[C@H](CO)[C@@H](O)[C@@H]1OC(=O)OCc1ccccc1. The van der Waals surface area contributed by atoms with Crippen LogP contribution < -0.4 is 5.73 Å². The van der Waals surface area contributed by atoms with Gasteiger partial charge in [0.25, 0.3) is 0 Å². The fourth-order valence-corrected chi connectivity index (χ4v) is 3.18. The highest BCUT2D eigenvalue weighted by atomic mass is 19.1. The Morgan fingerprint density at radius 3 is 2.80 bits per heavy atom. The summed E-state index contributed by atoms with van der Waals surface area (Å²) in [5.41, 5.74) is 6.48. The highest BCUT2D eigenvalue weighted by Crippen LogP contribution is 2.34. The van der Waals surface area contributed by atoms with Crippen LogP contribution in [0.2, 0.25) is 0 Å². The summed E-state index contributed by atoms with van der Waals surface area (Å²) in [5.74, 6) is -0.187. The van der Waals surface area contributed by atoms with Gasteiger partial charge in [-0.2, -0.15) is 14.4 Å². The number of hydrogen-bond acceptors (Lipinski definition) is 10. The van der Waals surface area contributed by atoms with Crippen molar-refractivity contribution in [2.24, 2.45) is 0 Å². The summed E-state index contributed by atoms with van der Waals surface area (Å²) < 4.78 is 30.8. The van der Waals surface area contributed by atoms with Gasteiger partial charge in [0.15, 0.2) is 29.3 Å². The highest BCUT2D eigenvalue weighted by Gasteiger charge is 2.48. The molecule has 0 saturated carbocycles. The zero-order chi connectivity index (χ0) is 21.3. The van der Waals surface area contributed by atoms with Crippen molar-refractivity contribution in [3.63, 3.8) is 0 Å². The van der Waals surface area contributed by atoms with Crippen molar-refractivity contribution >= 4 is 23.1 Å². The Kier molecular flexibility index (Phi) is 5.44. The molecular formula is C18H18FN5O6. The maximum Gasteiger partial charge on any atom is 0.509 e. The van der Waals surface area contributed by atoms with Crippen LogP contribution in [0.5, 0.6) is 0 Å². The van der Waals surface area contributed by atoms with E-state index in [4.69, 9.17) is 19.9 Å². The average molecular weight is 419 g/mol. The van der Waals surface area contributed by atoms with E-state index in [-0.39, 0.29) is 23.6 Å². The normalized spacial score (nSPS) is 23.6. The lowest BCUT2D eigenvalue weighted by atomic mass is 10.1. The van der Waals surface area contributed by atoms with E-state index >= 15 is 0 Å². The van der Waals surface area contributed by atoms with Crippen LogP contribution in [0.25, 0.3) is 11.2 Å². The Bertz CT molecular complexity index is 1050. The first-order valence-electron chi connectivity index (χ1n) is 8.95. The highest BCUT2D eigenvalue weighted by molar-refractivity contribution is 5.81. The lowest BCUT2D eigenvalue weighted by molar-refractivity contribution is -0.0639. The van der Waals surface area contributed by atoms with Gasteiger partial charge in [-0.25, -0.2) is 9.78 Å². The molecule has 1 saturated heterocycles. The molecule has 158 valence electrons. The van der Waals surface area contributed by atoms with Gasteiger partial charge in [-0.05, 0) is 5.56 Å². The van der Waals surface area contributed by atoms with Crippen molar-refractivity contribution in [1.82, 2.24) is 19.5 Å². The predicted molar refractivity (Wildman–Crippen MR) is 98.2 cm³/mol. The Balaban J connectivity index is 1.56. The molecule has 0 bridgehead atoms. The van der Waals surface area contributed by atoms with E-state index in [0.717, 1.165) is 5.56 Å². The third kappa shape index (κ3) is 3.75. The van der Waals surface area contributed by atoms with Crippen LogP contribution >= 0.6 is 0 Å². The lowest BCUT2D eigenvalue weighted by Crippen LogP contribution is -2.37. The maximum absolute atomic E-state index is 13.7. The number of aliphatic hydroxyl groups is 2. The van der Waals surface area contributed by atoms with Gasteiger partial charge in [0.2, 0.25) is 0 Å². The molecule has 0 radical (unpaired) electrons. The van der Waals surface area contributed by atoms with Gasteiger partial charge < -0.3 is 30.2 Å². The van der Waals surface area contributed by atoms with Gasteiger partial charge in [-0.3, -0.25) is 4.57 Å². The predicted octanol–water partition coefficient (Wildman–Crippen LogP) is 0.520. The van der Waals surface area contributed by atoms with E-state index in [2.05, 4.69) is 15.0 Å². The summed E-state index contributed by atoms with van der Waals surface area (Å²) >= 11 is 0. The van der Waals surface area contributed by atoms with Crippen LogP contribution in [0, 0.1) is 6.08 Å². The number of nitrogens with two attached hydrogens (primary N) is 1. The molecule has 1 fully saturated rings. The van der Waals surface area contributed by atoms with Crippen LogP contribution in [0.4, 0.5) is 15.0 Å². The second kappa shape index (κ2) is 8.18. The maximum atomic E-state index is 13.7. The molecule has 3 heterocycles. The number of imidazole rings is 1. The minimum Gasteiger partial charge on any atom is -0.429 e. The van der Waals surface area contributed by atoms with Crippen molar-refractivity contribution in [2.75, 3.05) is 12.3 Å². The monoisotopic (exact) mass is 419 g/mol. The number of halogens is 1. The van der Waals surface area contributed by atoms with Gasteiger partial charge >= 0.3 is 12.2 Å². The Labute approximate surface area is 168 Å². The first-order chi connectivity index (χ1) is 14.5. The first-order valence-corrected chi connectivity index (χ1v) is 8.95. The number of ether oxygens (including phenoxy) is 3. The number of benzene rings is 1. The van der Waals surface area contributed by atoms with Crippen LogP contribution in [0.15, 0.2) is 36.7 Å². The van der Waals surface area contributed by atoms with Crippen molar-refractivity contribution in [1.29, 1.82) is 0 Å². The Hall–Kier alpha value is -3.35. The third-order valence-electron chi connectivity index (χ3n) is 4.62. The largest absolute Gasteiger partial charge is 0.509 e. The quantitative estimate of drug-likeness (QED) is 0.394. The number of nitrogens with zero attached hydrogens (tertiary/aromatic N) is 4. The van der Waals surface area contributed by atoms with Gasteiger partial charge in [0, 0.05) is 0 Å². The molecule has 11 nitrogen and oxygen atoms in total. The summed E-state index contributed by atoms with van der Waals surface area (Å²) in [5, 5.41) is 19.9. The smallest absolute Gasteiger partial charge is 0.429 e. The molecular weight excluding hydrogens is 401 g/mol. The fourth-order valence-electron chi connectivity index (χ4n) is 3.18. The third-order valence-corrected chi connectivity index (χ3v) is 4.62. The van der Waals surface area contributed by atoms with Gasteiger partial charge in [0.1, 0.15) is 18.8 Å². The number of aromatic nitrogens is 4. The van der Waals surface area contributed by atoms with Crippen LogP contribution in [-0.2, 0) is 20.8 Å². The number of anilines is 1. The average Bonchev–Trinajstić information content (AvgIpc) is 3.28. The summed E-state index contributed by atoms with van der Waals surface area (Å²) in [7, 11) is 0. The zero-order valence-electron chi connectivity index (χ0n) is 15.5. The number of carbonyl (C=O) groups is 1. The summed E-state index contributed by atoms with van der Waals surface area (Å²) in [4.78, 5) is 23.3. The van der Waals surface area contributed by atoms with E-state index in [1.54, 1.807) is 24.3 Å². The second-order valence-corrected chi connectivity index (χ2v) is 6.55. The molecule has 0 unspecified atom stereocenters. The topological polar surface area (TPSA) is 155 Å². The van der Waals surface area contributed by atoms with E-state index in [0.29, 0.717) is 0 Å². The molecule has 4 N–H and O–H groups in total. The Morgan fingerprint density at radius 2 is 2.07 bits per heavy atom. The van der Waals surface area contributed by atoms with E-state index < -0.39 is 43.4 Å². The second-order valence-electron chi connectivity index (χ2n) is 6.55. The van der Waals surface area contributed by atoms with Crippen molar-refractivity contribution < 1.29 is 33.6 Å². The van der Waals surface area contributed by atoms with Crippen molar-refractivity contribution in [2.45, 2.75) is 31.1 Å². The molecule has 1 aromatic carbocycles. The zero-order valence-corrected chi connectivity index (χ0v) is 15.5. The van der Waals surface area contributed by atoms with Crippen LogP contribution in [0.3, 0.4) is 0 Å². The number of carbonyl (C=O) groups excluding carboxylic acids is 1. The minimum atomic E-state index is -1.38. The standard InChI is InChI=1S/C18H18FN5O6/c19-17-22-14(20)11-15(23-17)24(8-21-11)16-13(12(26)10(6-25)29-16)30-18(27)28-7-9-4-2-1-3-5-9/h1-5,8,10,12-13,16,25-26H,6-7H2,(H2,20,22,23)/t10-,12-,13+,16-/m1/s1. The van der Waals surface area contributed by atoms with Gasteiger partial charge in [-0.15, -0.1) is 0 Å². The lowest BCUT2D eigenvalue weighted by Gasteiger charge is -2.21. The summed E-state index contributed by atoms with van der Waals surface area (Å²) in [6.07, 6.45) is -5.81. The van der Waals surface area contributed by atoms with E-state index in [9.17, 15) is 19.4 Å². The van der Waals surface area contributed by atoms with Crippen LogP contribution in [0.1, 0.15) is 11.8 Å². The van der Waals surface area contributed by atoms with Crippen LogP contribution in [-0.4, -0.2) is 60.8 Å². The van der Waals surface area contributed by atoms with Crippen molar-refractivity contribution in [3.05, 3.63) is 48.3 Å². The number of fused-ring (bicyclic) bond motifs is 1. The summed E-state index contributed by atoms with van der Waals surface area (Å²) in [6.45, 7) is -0.588. The molecule has 30 heavy (non-hydrogen) atoms. The molecule has 4 rings (SSSR count). The Morgan fingerprint density at radius 1 is 1.30 bits per heavy atom. The number of rotatable bonds is 5. The molecule has 1 aliphatic rings. The number of aliphatic hydroxyl groups excluding tert-OH is 2.